The Hall–Kier alpha value is -1.31. The SMILES string of the molecule is C1=NC/C=C\C2=C3CCC4=C2CC(CC13)N4. The predicted molar refractivity (Wildman–Crippen MR) is 65.4 cm³/mol. The standard InChI is InChI=1S/C14H16N2/c1-2-12-11-3-4-14-13(12)7-10(16-14)6-9(11)8-15-5-1/h1-2,8-10,16H,3-7H2/b2-1-,15-8?. The summed E-state index contributed by atoms with van der Waals surface area (Å²) in [5.41, 5.74) is 6.34. The second-order valence-corrected chi connectivity index (χ2v) is 5.20. The van der Waals surface area contributed by atoms with Crippen LogP contribution in [0.1, 0.15) is 25.7 Å². The highest BCUT2D eigenvalue weighted by atomic mass is 15.0. The van der Waals surface area contributed by atoms with Gasteiger partial charge in [-0.25, -0.2) is 0 Å². The number of aliphatic imine (C=N–C) groups is 1. The number of nitrogens with one attached hydrogen (secondary N) is 1. The van der Waals surface area contributed by atoms with Crippen molar-refractivity contribution < 1.29 is 0 Å². The van der Waals surface area contributed by atoms with Crippen molar-refractivity contribution in [2.45, 2.75) is 31.7 Å². The topological polar surface area (TPSA) is 24.4 Å². The Morgan fingerprint density at radius 3 is 3.31 bits per heavy atom. The summed E-state index contributed by atoms with van der Waals surface area (Å²) in [6.45, 7) is 0.855. The zero-order valence-corrected chi connectivity index (χ0v) is 9.37. The zero-order chi connectivity index (χ0) is 10.5. The fourth-order valence-corrected chi connectivity index (χ4v) is 3.59. The average molecular weight is 212 g/mol. The Kier molecular flexibility index (Phi) is 1.70. The van der Waals surface area contributed by atoms with Crippen LogP contribution in [0.2, 0.25) is 0 Å². The smallest absolute Gasteiger partial charge is 0.0569 e. The van der Waals surface area contributed by atoms with Gasteiger partial charge in [0.15, 0.2) is 0 Å². The Morgan fingerprint density at radius 2 is 2.31 bits per heavy atom. The van der Waals surface area contributed by atoms with E-state index in [0.29, 0.717) is 12.0 Å². The van der Waals surface area contributed by atoms with Gasteiger partial charge in [-0.1, -0.05) is 17.7 Å². The molecule has 0 saturated carbocycles. The van der Waals surface area contributed by atoms with E-state index in [1.165, 1.54) is 31.4 Å². The maximum absolute atomic E-state index is 4.50. The van der Waals surface area contributed by atoms with Crippen molar-refractivity contribution in [1.82, 2.24) is 5.32 Å². The first kappa shape index (κ1) is 8.80. The average Bonchev–Trinajstić information content (AvgIpc) is 2.57. The molecule has 16 heavy (non-hydrogen) atoms. The summed E-state index contributed by atoms with van der Waals surface area (Å²) in [5.74, 6) is 0.594. The van der Waals surface area contributed by atoms with Gasteiger partial charge in [-0.15, -0.1) is 0 Å². The Balaban J connectivity index is 1.95. The third kappa shape index (κ3) is 1.10. The predicted octanol–water partition coefficient (Wildman–Crippen LogP) is 2.35. The molecule has 2 aliphatic heterocycles. The van der Waals surface area contributed by atoms with Gasteiger partial charge in [0.1, 0.15) is 0 Å². The number of nitrogens with zero attached hydrogens (tertiary/aromatic N) is 1. The van der Waals surface area contributed by atoms with Crippen LogP contribution in [0.25, 0.3) is 0 Å². The first-order chi connectivity index (χ1) is 7.92. The maximum Gasteiger partial charge on any atom is 0.0569 e. The number of allylic oxidation sites excluding steroid dienone is 4. The minimum Gasteiger partial charge on any atom is -0.385 e. The van der Waals surface area contributed by atoms with Crippen molar-refractivity contribution in [2.75, 3.05) is 6.54 Å². The van der Waals surface area contributed by atoms with Gasteiger partial charge in [-0.3, -0.25) is 4.99 Å². The zero-order valence-electron chi connectivity index (χ0n) is 9.37. The molecule has 4 aliphatic rings. The van der Waals surface area contributed by atoms with Gasteiger partial charge in [0.05, 0.1) is 6.54 Å². The largest absolute Gasteiger partial charge is 0.385 e. The molecule has 82 valence electrons. The van der Waals surface area contributed by atoms with Crippen molar-refractivity contribution in [2.24, 2.45) is 10.9 Å². The molecule has 4 rings (SSSR count). The quantitative estimate of drug-likeness (QED) is 0.655. The van der Waals surface area contributed by atoms with Crippen molar-refractivity contribution >= 4 is 6.21 Å². The number of hydrogen-bond acceptors (Lipinski definition) is 2. The van der Waals surface area contributed by atoms with Gasteiger partial charge in [-0.05, 0) is 36.8 Å². The summed E-state index contributed by atoms with van der Waals surface area (Å²) in [6.07, 6.45) is 11.7. The van der Waals surface area contributed by atoms with E-state index in [1.54, 1.807) is 16.7 Å². The molecule has 0 saturated heterocycles. The molecule has 2 atom stereocenters. The van der Waals surface area contributed by atoms with Crippen LogP contribution in [0.5, 0.6) is 0 Å². The van der Waals surface area contributed by atoms with Crippen molar-refractivity contribution in [3.8, 4) is 0 Å². The number of rotatable bonds is 0. The van der Waals surface area contributed by atoms with E-state index in [-0.39, 0.29) is 0 Å². The van der Waals surface area contributed by atoms with Crippen LogP contribution in [-0.4, -0.2) is 18.8 Å². The van der Waals surface area contributed by atoms with Crippen LogP contribution in [0.3, 0.4) is 0 Å². The molecule has 2 heteroatoms. The van der Waals surface area contributed by atoms with Crippen LogP contribution >= 0.6 is 0 Å². The highest BCUT2D eigenvalue weighted by Crippen LogP contribution is 2.45. The Labute approximate surface area is 95.8 Å². The van der Waals surface area contributed by atoms with Crippen LogP contribution < -0.4 is 5.32 Å². The fourth-order valence-electron chi connectivity index (χ4n) is 3.59. The summed E-state index contributed by atoms with van der Waals surface area (Å²) < 4.78 is 0. The monoisotopic (exact) mass is 212 g/mol. The molecule has 0 aromatic heterocycles. The summed E-state index contributed by atoms with van der Waals surface area (Å²) in [7, 11) is 0. The fraction of sp³-hybridized carbons (Fsp3) is 0.500. The molecule has 2 aliphatic carbocycles. The minimum atomic E-state index is 0.594. The molecule has 1 N–H and O–H groups in total. The van der Waals surface area contributed by atoms with Gasteiger partial charge >= 0.3 is 0 Å². The van der Waals surface area contributed by atoms with Gasteiger partial charge < -0.3 is 5.32 Å². The molecule has 0 amide bonds. The molecule has 5 bridgehead atoms. The lowest BCUT2D eigenvalue weighted by Gasteiger charge is -2.28. The molecule has 0 spiro atoms. The summed E-state index contributed by atoms with van der Waals surface area (Å²) in [5, 5.41) is 3.71. The first-order valence-electron chi connectivity index (χ1n) is 6.30. The molecule has 2 unspecified atom stereocenters. The third-order valence-electron chi connectivity index (χ3n) is 4.28. The van der Waals surface area contributed by atoms with E-state index >= 15 is 0 Å². The highest BCUT2D eigenvalue weighted by Gasteiger charge is 2.36. The molecule has 0 fully saturated rings. The highest BCUT2D eigenvalue weighted by molar-refractivity contribution is 5.70. The second-order valence-electron chi connectivity index (χ2n) is 5.20. The molecule has 2 heterocycles. The van der Waals surface area contributed by atoms with Crippen LogP contribution in [0.4, 0.5) is 0 Å². The summed E-state index contributed by atoms with van der Waals surface area (Å²) in [4.78, 5) is 4.50. The van der Waals surface area contributed by atoms with Gasteiger partial charge in [0.25, 0.3) is 0 Å². The Morgan fingerprint density at radius 1 is 1.31 bits per heavy atom. The summed E-state index contributed by atoms with van der Waals surface area (Å²) in [6, 6.07) is 0.667. The van der Waals surface area contributed by atoms with E-state index < -0.39 is 0 Å². The maximum atomic E-state index is 4.50. The number of fused-ring (bicyclic) bond motifs is 1. The van der Waals surface area contributed by atoms with Gasteiger partial charge in [0.2, 0.25) is 0 Å². The van der Waals surface area contributed by atoms with E-state index in [1.807, 2.05) is 0 Å². The molecule has 0 radical (unpaired) electrons. The van der Waals surface area contributed by atoms with E-state index in [2.05, 4.69) is 28.7 Å². The minimum absolute atomic E-state index is 0.594. The van der Waals surface area contributed by atoms with Crippen molar-refractivity contribution in [3.63, 3.8) is 0 Å². The lowest BCUT2D eigenvalue weighted by molar-refractivity contribution is 0.499. The lowest BCUT2D eigenvalue weighted by atomic mass is 9.82. The lowest BCUT2D eigenvalue weighted by Crippen LogP contribution is -2.29. The molecule has 2 nitrogen and oxygen atoms in total. The number of hydrogen-bond donors (Lipinski definition) is 1. The molecular formula is C14H16N2. The molecule has 0 aromatic carbocycles. The van der Waals surface area contributed by atoms with Crippen LogP contribution in [0.15, 0.2) is 39.6 Å². The van der Waals surface area contributed by atoms with Gasteiger partial charge in [0, 0.05) is 23.9 Å². The van der Waals surface area contributed by atoms with Crippen molar-refractivity contribution in [3.05, 3.63) is 34.6 Å². The van der Waals surface area contributed by atoms with E-state index in [0.717, 1.165) is 6.54 Å². The second kappa shape index (κ2) is 3.09. The van der Waals surface area contributed by atoms with Crippen LogP contribution in [-0.2, 0) is 0 Å². The normalized spacial score (nSPS) is 37.0. The van der Waals surface area contributed by atoms with Crippen molar-refractivity contribution in [1.29, 1.82) is 0 Å². The van der Waals surface area contributed by atoms with Gasteiger partial charge in [-0.2, -0.15) is 0 Å². The molecule has 0 aromatic rings. The van der Waals surface area contributed by atoms with Crippen LogP contribution in [0, 0.1) is 5.92 Å². The molecular weight excluding hydrogens is 196 g/mol. The summed E-state index contributed by atoms with van der Waals surface area (Å²) >= 11 is 0. The first-order valence-corrected chi connectivity index (χ1v) is 6.30. The van der Waals surface area contributed by atoms with E-state index in [9.17, 15) is 0 Å². The van der Waals surface area contributed by atoms with E-state index in [4.69, 9.17) is 0 Å². The Bertz CT molecular complexity index is 465. The third-order valence-corrected chi connectivity index (χ3v) is 4.28.